The lowest BCUT2D eigenvalue weighted by molar-refractivity contribution is 0.601. The molecule has 5 nitrogen and oxygen atoms in total. The standard InChI is InChI=1S/C13H13N3O2S2/c1-9-2-5-11(8-15-9)16-20(17,18)12-6-3-10(4-7-12)13(14)19/h2-8,16H,1H3,(H2,14,19). The Bertz CT molecular complexity index is 723. The monoisotopic (exact) mass is 307 g/mol. The molecule has 7 heteroatoms. The summed E-state index contributed by atoms with van der Waals surface area (Å²) in [7, 11) is -3.64. The minimum Gasteiger partial charge on any atom is -0.389 e. The molecule has 1 aromatic heterocycles. The van der Waals surface area contributed by atoms with Gasteiger partial charge in [-0.15, -0.1) is 0 Å². The van der Waals surface area contributed by atoms with E-state index in [0.717, 1.165) is 5.69 Å². The van der Waals surface area contributed by atoms with Crippen molar-refractivity contribution >= 4 is 32.9 Å². The Morgan fingerprint density at radius 3 is 2.35 bits per heavy atom. The number of sulfonamides is 1. The molecule has 1 heterocycles. The van der Waals surface area contributed by atoms with Gasteiger partial charge in [0.2, 0.25) is 0 Å². The van der Waals surface area contributed by atoms with Gasteiger partial charge in [-0.05, 0) is 31.2 Å². The van der Waals surface area contributed by atoms with E-state index >= 15 is 0 Å². The smallest absolute Gasteiger partial charge is 0.261 e. The Hall–Kier alpha value is -1.99. The molecule has 3 N–H and O–H groups in total. The maximum Gasteiger partial charge on any atom is 0.261 e. The summed E-state index contributed by atoms with van der Waals surface area (Å²) in [5.74, 6) is 0. The van der Waals surface area contributed by atoms with Gasteiger partial charge in [-0.25, -0.2) is 8.42 Å². The van der Waals surface area contributed by atoms with Crippen LogP contribution in [0.4, 0.5) is 5.69 Å². The quantitative estimate of drug-likeness (QED) is 0.842. The van der Waals surface area contributed by atoms with Crippen molar-refractivity contribution in [2.24, 2.45) is 5.73 Å². The highest BCUT2D eigenvalue weighted by Gasteiger charge is 2.14. The molecule has 0 aliphatic rings. The SMILES string of the molecule is Cc1ccc(NS(=O)(=O)c2ccc(C(N)=S)cc2)cn1. The fourth-order valence-corrected chi connectivity index (χ4v) is 2.72. The Labute approximate surface area is 122 Å². The molecule has 0 saturated carbocycles. The second-order valence-electron chi connectivity index (χ2n) is 4.18. The van der Waals surface area contributed by atoms with Crippen LogP contribution in [0.25, 0.3) is 0 Å². The summed E-state index contributed by atoms with van der Waals surface area (Å²) >= 11 is 4.82. The van der Waals surface area contributed by atoms with Crippen LogP contribution in [0.15, 0.2) is 47.5 Å². The van der Waals surface area contributed by atoms with Crippen molar-refractivity contribution < 1.29 is 8.42 Å². The number of nitrogens with one attached hydrogen (secondary N) is 1. The average Bonchev–Trinajstić information content (AvgIpc) is 2.41. The van der Waals surface area contributed by atoms with E-state index in [1.54, 1.807) is 24.3 Å². The molecule has 0 aliphatic carbocycles. The Morgan fingerprint density at radius 2 is 1.85 bits per heavy atom. The van der Waals surface area contributed by atoms with Crippen molar-refractivity contribution in [3.63, 3.8) is 0 Å². The average molecular weight is 307 g/mol. The zero-order chi connectivity index (χ0) is 14.8. The van der Waals surface area contributed by atoms with E-state index in [0.29, 0.717) is 11.3 Å². The van der Waals surface area contributed by atoms with Crippen LogP contribution in [0.1, 0.15) is 11.3 Å². The van der Waals surface area contributed by atoms with Gasteiger partial charge in [0.25, 0.3) is 10.0 Å². The molecule has 0 unspecified atom stereocenters. The van der Waals surface area contributed by atoms with Crippen LogP contribution in [0.3, 0.4) is 0 Å². The largest absolute Gasteiger partial charge is 0.389 e. The number of pyridine rings is 1. The van der Waals surface area contributed by atoms with Crippen LogP contribution in [0.5, 0.6) is 0 Å². The number of thiocarbonyl (C=S) groups is 1. The molecule has 0 amide bonds. The number of anilines is 1. The lowest BCUT2D eigenvalue weighted by Crippen LogP contribution is -2.14. The Balaban J connectivity index is 2.26. The highest BCUT2D eigenvalue weighted by Crippen LogP contribution is 2.16. The van der Waals surface area contributed by atoms with E-state index in [4.69, 9.17) is 18.0 Å². The number of benzene rings is 1. The van der Waals surface area contributed by atoms with Crippen LogP contribution in [-0.2, 0) is 10.0 Å². The highest BCUT2D eigenvalue weighted by atomic mass is 32.2. The number of rotatable bonds is 4. The molecule has 2 aromatic rings. The number of hydrogen-bond acceptors (Lipinski definition) is 4. The zero-order valence-electron chi connectivity index (χ0n) is 10.7. The van der Waals surface area contributed by atoms with E-state index in [1.807, 2.05) is 6.92 Å². The van der Waals surface area contributed by atoms with Crippen molar-refractivity contribution in [3.05, 3.63) is 53.9 Å². The van der Waals surface area contributed by atoms with Crippen molar-refractivity contribution in [3.8, 4) is 0 Å². The lowest BCUT2D eigenvalue weighted by atomic mass is 10.2. The number of aromatic nitrogens is 1. The molecule has 2 rings (SSSR count). The summed E-state index contributed by atoms with van der Waals surface area (Å²) in [5.41, 5.74) is 7.31. The molecule has 0 radical (unpaired) electrons. The van der Waals surface area contributed by atoms with Gasteiger partial charge >= 0.3 is 0 Å². The zero-order valence-corrected chi connectivity index (χ0v) is 12.3. The maximum atomic E-state index is 12.2. The van der Waals surface area contributed by atoms with Crippen molar-refractivity contribution in [2.45, 2.75) is 11.8 Å². The molecular formula is C13H13N3O2S2. The van der Waals surface area contributed by atoms with Crippen LogP contribution in [0.2, 0.25) is 0 Å². The maximum absolute atomic E-state index is 12.2. The minimum absolute atomic E-state index is 0.137. The first-order valence-electron chi connectivity index (χ1n) is 5.74. The summed E-state index contributed by atoms with van der Waals surface area (Å²) in [4.78, 5) is 4.40. The van der Waals surface area contributed by atoms with E-state index in [-0.39, 0.29) is 9.88 Å². The van der Waals surface area contributed by atoms with Crippen molar-refractivity contribution in [2.75, 3.05) is 4.72 Å². The summed E-state index contributed by atoms with van der Waals surface area (Å²) in [6.07, 6.45) is 1.47. The van der Waals surface area contributed by atoms with E-state index in [9.17, 15) is 8.42 Å². The Morgan fingerprint density at radius 1 is 1.20 bits per heavy atom. The normalized spacial score (nSPS) is 11.1. The second kappa shape index (κ2) is 5.56. The number of nitrogens with two attached hydrogens (primary N) is 1. The van der Waals surface area contributed by atoms with Gasteiger partial charge < -0.3 is 5.73 Å². The van der Waals surface area contributed by atoms with Gasteiger partial charge in [-0.3, -0.25) is 9.71 Å². The summed E-state index contributed by atoms with van der Waals surface area (Å²) in [5, 5.41) is 0. The van der Waals surface area contributed by atoms with Gasteiger partial charge in [0.1, 0.15) is 4.99 Å². The summed E-state index contributed by atoms with van der Waals surface area (Å²) in [6, 6.07) is 9.45. The topological polar surface area (TPSA) is 85.1 Å². The Kier molecular flexibility index (Phi) is 4.01. The predicted molar refractivity (Wildman–Crippen MR) is 82.1 cm³/mol. The summed E-state index contributed by atoms with van der Waals surface area (Å²) < 4.78 is 26.8. The second-order valence-corrected chi connectivity index (χ2v) is 6.30. The lowest BCUT2D eigenvalue weighted by Gasteiger charge is -2.08. The van der Waals surface area contributed by atoms with Crippen LogP contribution >= 0.6 is 12.2 Å². The predicted octanol–water partition coefficient (Wildman–Crippen LogP) is 1.83. The third-order valence-corrected chi connectivity index (χ3v) is 4.25. The molecule has 0 saturated heterocycles. The molecule has 0 atom stereocenters. The van der Waals surface area contributed by atoms with Crippen molar-refractivity contribution in [1.29, 1.82) is 0 Å². The molecule has 20 heavy (non-hydrogen) atoms. The third kappa shape index (κ3) is 3.31. The fourth-order valence-electron chi connectivity index (χ4n) is 1.54. The molecule has 0 bridgehead atoms. The molecular weight excluding hydrogens is 294 g/mol. The van der Waals surface area contributed by atoms with Crippen molar-refractivity contribution in [1.82, 2.24) is 4.98 Å². The van der Waals surface area contributed by atoms with E-state index in [1.165, 1.54) is 18.3 Å². The fraction of sp³-hybridized carbons (Fsp3) is 0.0769. The number of nitrogens with zero attached hydrogens (tertiary/aromatic N) is 1. The van der Waals surface area contributed by atoms with Gasteiger partial charge in [0, 0.05) is 11.3 Å². The summed E-state index contributed by atoms with van der Waals surface area (Å²) in [6.45, 7) is 1.83. The minimum atomic E-state index is -3.64. The van der Waals surface area contributed by atoms with E-state index < -0.39 is 10.0 Å². The van der Waals surface area contributed by atoms with Gasteiger partial charge in [-0.1, -0.05) is 24.4 Å². The first-order chi connectivity index (χ1) is 9.38. The number of hydrogen-bond donors (Lipinski definition) is 2. The number of aryl methyl sites for hydroxylation is 1. The van der Waals surface area contributed by atoms with E-state index in [2.05, 4.69) is 9.71 Å². The molecule has 1 aromatic carbocycles. The van der Waals surface area contributed by atoms with Gasteiger partial charge in [0.05, 0.1) is 16.8 Å². The first kappa shape index (κ1) is 14.4. The molecule has 0 aliphatic heterocycles. The molecule has 104 valence electrons. The highest BCUT2D eigenvalue weighted by molar-refractivity contribution is 7.92. The van der Waals surface area contributed by atoms with Gasteiger partial charge in [-0.2, -0.15) is 0 Å². The third-order valence-electron chi connectivity index (χ3n) is 2.61. The van der Waals surface area contributed by atoms with Crippen LogP contribution in [-0.4, -0.2) is 18.4 Å². The van der Waals surface area contributed by atoms with Crippen LogP contribution in [0, 0.1) is 6.92 Å². The molecule has 0 fully saturated rings. The first-order valence-corrected chi connectivity index (χ1v) is 7.63. The molecule has 0 spiro atoms. The van der Waals surface area contributed by atoms with Gasteiger partial charge in [0.15, 0.2) is 0 Å². The van der Waals surface area contributed by atoms with Crippen LogP contribution < -0.4 is 10.5 Å².